The van der Waals surface area contributed by atoms with Crippen LogP contribution < -0.4 is 0 Å². The summed E-state index contributed by atoms with van der Waals surface area (Å²) in [4.78, 5) is 10.5. The van der Waals surface area contributed by atoms with Gasteiger partial charge in [-0.15, -0.1) is 0 Å². The molecule has 0 radical (unpaired) electrons. The third kappa shape index (κ3) is 3.12. The summed E-state index contributed by atoms with van der Waals surface area (Å²) < 4.78 is 0. The van der Waals surface area contributed by atoms with Crippen LogP contribution in [0.4, 0.5) is 0 Å². The molecule has 2 N–H and O–H groups in total. The van der Waals surface area contributed by atoms with Gasteiger partial charge in [0.1, 0.15) is 5.75 Å². The molecule has 0 bridgehead atoms. The molecule has 0 unspecified atom stereocenters. The summed E-state index contributed by atoms with van der Waals surface area (Å²) in [5.41, 5.74) is 1.59. The van der Waals surface area contributed by atoms with E-state index in [1.807, 2.05) is 20.8 Å². The van der Waals surface area contributed by atoms with E-state index in [2.05, 4.69) is 0 Å². The maximum Gasteiger partial charge on any atom is 0.328 e. The number of carbonyl (C=O) groups is 1. The van der Waals surface area contributed by atoms with Crippen molar-refractivity contribution in [3.63, 3.8) is 0 Å². The molecule has 0 aliphatic rings. The van der Waals surface area contributed by atoms with Gasteiger partial charge in [0, 0.05) is 6.08 Å². The van der Waals surface area contributed by atoms with Crippen LogP contribution in [0.2, 0.25) is 0 Å². The van der Waals surface area contributed by atoms with Crippen molar-refractivity contribution in [2.75, 3.05) is 0 Å². The van der Waals surface area contributed by atoms with Gasteiger partial charge in [-0.1, -0.05) is 26.8 Å². The number of hydrogen-bond acceptors (Lipinski definition) is 2. The second kappa shape index (κ2) is 4.39. The minimum atomic E-state index is -0.979. The minimum Gasteiger partial charge on any atom is -0.508 e. The van der Waals surface area contributed by atoms with Crippen LogP contribution in [0.25, 0.3) is 6.08 Å². The summed E-state index contributed by atoms with van der Waals surface area (Å²) in [7, 11) is 0. The molecule has 0 aromatic heterocycles. The van der Waals surface area contributed by atoms with Crippen molar-refractivity contribution in [2.24, 2.45) is 0 Å². The van der Waals surface area contributed by atoms with E-state index in [9.17, 15) is 9.90 Å². The number of carboxylic acids is 1. The Labute approximate surface area is 95.0 Å². The van der Waals surface area contributed by atoms with Crippen LogP contribution in [0, 0.1) is 0 Å². The van der Waals surface area contributed by atoms with Crippen molar-refractivity contribution in [1.82, 2.24) is 0 Å². The second-order valence-corrected chi connectivity index (χ2v) is 4.69. The number of aliphatic carboxylic acids is 1. The predicted molar refractivity (Wildman–Crippen MR) is 63.5 cm³/mol. The van der Waals surface area contributed by atoms with Crippen LogP contribution in [-0.4, -0.2) is 16.2 Å². The molecule has 0 amide bonds. The van der Waals surface area contributed by atoms with Crippen molar-refractivity contribution in [1.29, 1.82) is 0 Å². The average molecular weight is 220 g/mol. The molecular weight excluding hydrogens is 204 g/mol. The number of aromatic hydroxyl groups is 1. The fourth-order valence-electron chi connectivity index (χ4n) is 1.50. The fraction of sp³-hybridized carbons (Fsp3) is 0.308. The highest BCUT2D eigenvalue weighted by molar-refractivity contribution is 5.85. The molecule has 1 aromatic carbocycles. The average Bonchev–Trinajstić information content (AvgIpc) is 2.14. The van der Waals surface area contributed by atoms with Crippen LogP contribution >= 0.6 is 0 Å². The van der Waals surface area contributed by atoms with E-state index in [1.165, 1.54) is 0 Å². The van der Waals surface area contributed by atoms with E-state index in [-0.39, 0.29) is 11.2 Å². The molecule has 86 valence electrons. The van der Waals surface area contributed by atoms with Gasteiger partial charge in [0.2, 0.25) is 0 Å². The lowest BCUT2D eigenvalue weighted by Crippen LogP contribution is -2.12. The molecule has 1 rings (SSSR count). The molecular formula is C13H16O3. The van der Waals surface area contributed by atoms with Gasteiger partial charge in [-0.3, -0.25) is 0 Å². The van der Waals surface area contributed by atoms with E-state index in [1.54, 1.807) is 24.3 Å². The Kier molecular flexibility index (Phi) is 3.38. The van der Waals surface area contributed by atoms with Crippen molar-refractivity contribution in [3.8, 4) is 5.75 Å². The van der Waals surface area contributed by atoms with Crippen molar-refractivity contribution in [3.05, 3.63) is 35.4 Å². The van der Waals surface area contributed by atoms with Crippen molar-refractivity contribution in [2.45, 2.75) is 26.2 Å². The van der Waals surface area contributed by atoms with Crippen LogP contribution in [0.5, 0.6) is 5.75 Å². The van der Waals surface area contributed by atoms with E-state index in [0.717, 1.165) is 17.2 Å². The molecule has 3 heteroatoms. The van der Waals surface area contributed by atoms with Crippen molar-refractivity contribution < 1.29 is 15.0 Å². The van der Waals surface area contributed by atoms with Gasteiger partial charge in [0.25, 0.3) is 0 Å². The maximum atomic E-state index is 10.5. The van der Waals surface area contributed by atoms with Crippen LogP contribution in [0.15, 0.2) is 24.3 Å². The monoisotopic (exact) mass is 220 g/mol. The first kappa shape index (κ1) is 12.3. The van der Waals surface area contributed by atoms with Crippen molar-refractivity contribution >= 4 is 12.0 Å². The van der Waals surface area contributed by atoms with Gasteiger partial charge in [0.15, 0.2) is 0 Å². The number of hydrogen-bond donors (Lipinski definition) is 2. The molecule has 0 saturated heterocycles. The standard InChI is InChI=1S/C13H16O3/c1-13(2,3)11-8-10(14)6-4-9(11)5-7-12(15)16/h4-8,14H,1-3H3,(H,15,16)/b7-5+. The van der Waals surface area contributed by atoms with E-state index in [4.69, 9.17) is 5.11 Å². The Morgan fingerprint density at radius 2 is 1.94 bits per heavy atom. The Morgan fingerprint density at radius 3 is 2.44 bits per heavy atom. The lowest BCUT2D eigenvalue weighted by atomic mass is 9.83. The lowest BCUT2D eigenvalue weighted by Gasteiger charge is -2.21. The van der Waals surface area contributed by atoms with Gasteiger partial charge in [-0.2, -0.15) is 0 Å². The predicted octanol–water partition coefficient (Wildman–Crippen LogP) is 2.79. The molecule has 0 heterocycles. The first-order valence-electron chi connectivity index (χ1n) is 5.05. The molecule has 1 aromatic rings. The molecule has 0 atom stereocenters. The highest BCUT2D eigenvalue weighted by Crippen LogP contribution is 2.29. The molecule has 16 heavy (non-hydrogen) atoms. The summed E-state index contributed by atoms with van der Waals surface area (Å²) >= 11 is 0. The van der Waals surface area contributed by atoms with Crippen LogP contribution in [0.1, 0.15) is 31.9 Å². The second-order valence-electron chi connectivity index (χ2n) is 4.69. The van der Waals surface area contributed by atoms with Gasteiger partial charge in [-0.05, 0) is 34.8 Å². The first-order chi connectivity index (χ1) is 7.30. The fourth-order valence-corrected chi connectivity index (χ4v) is 1.50. The van der Waals surface area contributed by atoms with Gasteiger partial charge in [0.05, 0.1) is 0 Å². The topological polar surface area (TPSA) is 57.5 Å². The number of carboxylic acid groups (broad SMARTS) is 1. The number of rotatable bonds is 2. The SMILES string of the molecule is CC(C)(C)c1cc(O)ccc1/C=C/C(=O)O. The van der Waals surface area contributed by atoms with Crippen LogP contribution in [0.3, 0.4) is 0 Å². The van der Waals surface area contributed by atoms with E-state index >= 15 is 0 Å². The summed E-state index contributed by atoms with van der Waals surface area (Å²) in [6.45, 7) is 6.04. The number of phenols is 1. The van der Waals surface area contributed by atoms with Gasteiger partial charge < -0.3 is 10.2 Å². The minimum absolute atomic E-state index is 0.142. The molecule has 0 spiro atoms. The van der Waals surface area contributed by atoms with Gasteiger partial charge >= 0.3 is 5.97 Å². The summed E-state index contributed by atoms with van der Waals surface area (Å²) in [5, 5.41) is 18.0. The summed E-state index contributed by atoms with van der Waals surface area (Å²) in [6.07, 6.45) is 2.64. The Morgan fingerprint density at radius 1 is 1.31 bits per heavy atom. The third-order valence-electron chi connectivity index (χ3n) is 2.25. The summed E-state index contributed by atoms with van der Waals surface area (Å²) in [6, 6.07) is 4.94. The van der Waals surface area contributed by atoms with Crippen LogP contribution in [-0.2, 0) is 10.2 Å². The third-order valence-corrected chi connectivity index (χ3v) is 2.25. The molecule has 0 saturated carbocycles. The molecule has 0 aliphatic heterocycles. The smallest absolute Gasteiger partial charge is 0.328 e. The maximum absolute atomic E-state index is 10.5. The highest BCUT2D eigenvalue weighted by Gasteiger charge is 2.17. The molecule has 0 fully saturated rings. The lowest BCUT2D eigenvalue weighted by molar-refractivity contribution is -0.131. The largest absolute Gasteiger partial charge is 0.508 e. The van der Waals surface area contributed by atoms with Gasteiger partial charge in [-0.25, -0.2) is 4.79 Å². The summed E-state index contributed by atoms with van der Waals surface area (Å²) in [5.74, 6) is -0.787. The number of benzene rings is 1. The normalized spacial score (nSPS) is 11.9. The quantitative estimate of drug-likeness (QED) is 0.753. The zero-order valence-electron chi connectivity index (χ0n) is 9.69. The Bertz CT molecular complexity index is 425. The zero-order valence-corrected chi connectivity index (χ0v) is 9.69. The van der Waals surface area contributed by atoms with E-state index in [0.29, 0.717) is 0 Å². The molecule has 0 aliphatic carbocycles. The van der Waals surface area contributed by atoms with E-state index < -0.39 is 5.97 Å². The molecule has 3 nitrogen and oxygen atoms in total. The number of phenolic OH excluding ortho intramolecular Hbond substituents is 1. The highest BCUT2D eigenvalue weighted by atomic mass is 16.4. The Balaban J connectivity index is 3.23. The zero-order chi connectivity index (χ0) is 12.3. The Hall–Kier alpha value is -1.77. The first-order valence-corrected chi connectivity index (χ1v) is 5.05.